The minimum absolute atomic E-state index is 0.122. The normalized spacial score (nSPS) is 10.2. The Kier molecular flexibility index (Phi) is 2.87. The maximum atomic E-state index is 12.8. The Morgan fingerprint density at radius 1 is 1.18 bits per heavy atom. The molecule has 0 saturated heterocycles. The van der Waals surface area contributed by atoms with E-state index in [-0.39, 0.29) is 11.4 Å². The molecule has 1 aromatic carbocycles. The number of pyridine rings is 1. The van der Waals surface area contributed by atoms with Gasteiger partial charge in [0.1, 0.15) is 5.82 Å². The van der Waals surface area contributed by atoms with Gasteiger partial charge in [0.2, 0.25) is 0 Å². The SMILES string of the molecule is Cc1ccn(-c2ccc(F)cc2)c(=O)c1C=O. The number of hydrogen-bond donors (Lipinski definition) is 0. The van der Waals surface area contributed by atoms with Crippen molar-refractivity contribution < 1.29 is 9.18 Å². The number of aromatic nitrogens is 1. The molecule has 1 aromatic heterocycles. The van der Waals surface area contributed by atoms with E-state index in [0.29, 0.717) is 17.5 Å². The molecule has 0 radical (unpaired) electrons. The van der Waals surface area contributed by atoms with Crippen molar-refractivity contribution in [2.24, 2.45) is 0 Å². The van der Waals surface area contributed by atoms with E-state index in [2.05, 4.69) is 0 Å². The Labute approximate surface area is 97.1 Å². The van der Waals surface area contributed by atoms with Crippen LogP contribution >= 0.6 is 0 Å². The zero-order valence-corrected chi connectivity index (χ0v) is 9.18. The molecule has 0 N–H and O–H groups in total. The van der Waals surface area contributed by atoms with E-state index < -0.39 is 5.56 Å². The zero-order chi connectivity index (χ0) is 12.4. The highest BCUT2D eigenvalue weighted by atomic mass is 19.1. The Hall–Kier alpha value is -2.23. The van der Waals surface area contributed by atoms with Crippen molar-refractivity contribution in [3.63, 3.8) is 0 Å². The van der Waals surface area contributed by atoms with Gasteiger partial charge in [0.15, 0.2) is 6.29 Å². The predicted octanol–water partition coefficient (Wildman–Crippen LogP) is 2.10. The van der Waals surface area contributed by atoms with Gasteiger partial charge in [0.05, 0.1) is 5.56 Å². The number of halogens is 1. The summed E-state index contributed by atoms with van der Waals surface area (Å²) in [5.74, 6) is -0.371. The summed E-state index contributed by atoms with van der Waals surface area (Å²) >= 11 is 0. The van der Waals surface area contributed by atoms with Crippen LogP contribution in [0.2, 0.25) is 0 Å². The predicted molar refractivity (Wildman–Crippen MR) is 62.1 cm³/mol. The molecule has 0 fully saturated rings. The highest BCUT2D eigenvalue weighted by Gasteiger charge is 2.07. The number of rotatable bonds is 2. The van der Waals surface area contributed by atoms with Crippen molar-refractivity contribution in [2.75, 3.05) is 0 Å². The first-order valence-corrected chi connectivity index (χ1v) is 5.07. The van der Waals surface area contributed by atoms with Crippen molar-refractivity contribution in [1.29, 1.82) is 0 Å². The molecule has 0 aliphatic rings. The average Bonchev–Trinajstić information content (AvgIpc) is 2.31. The molecule has 86 valence electrons. The summed E-state index contributed by atoms with van der Waals surface area (Å²) < 4.78 is 14.1. The molecule has 2 rings (SSSR count). The fraction of sp³-hybridized carbons (Fsp3) is 0.0769. The van der Waals surface area contributed by atoms with E-state index in [4.69, 9.17) is 0 Å². The molecular formula is C13H10FNO2. The van der Waals surface area contributed by atoms with Crippen LogP contribution in [0.15, 0.2) is 41.3 Å². The lowest BCUT2D eigenvalue weighted by Crippen LogP contribution is -2.22. The summed E-state index contributed by atoms with van der Waals surface area (Å²) in [5, 5.41) is 0. The van der Waals surface area contributed by atoms with Crippen LogP contribution in [0.3, 0.4) is 0 Å². The zero-order valence-electron chi connectivity index (χ0n) is 9.18. The van der Waals surface area contributed by atoms with Gasteiger partial charge in [0, 0.05) is 11.9 Å². The Morgan fingerprint density at radius 2 is 1.82 bits per heavy atom. The first kappa shape index (κ1) is 11.3. The van der Waals surface area contributed by atoms with E-state index in [9.17, 15) is 14.0 Å². The van der Waals surface area contributed by atoms with Crippen molar-refractivity contribution in [3.8, 4) is 5.69 Å². The number of nitrogens with zero attached hydrogens (tertiary/aromatic N) is 1. The average molecular weight is 231 g/mol. The molecule has 0 unspecified atom stereocenters. The fourth-order valence-electron chi connectivity index (χ4n) is 1.59. The lowest BCUT2D eigenvalue weighted by molar-refractivity contribution is 0.112. The third-order valence-electron chi connectivity index (χ3n) is 2.57. The molecule has 0 atom stereocenters. The van der Waals surface area contributed by atoms with Crippen molar-refractivity contribution >= 4 is 6.29 Å². The summed E-state index contributed by atoms with van der Waals surface area (Å²) in [6.45, 7) is 1.69. The van der Waals surface area contributed by atoms with Crippen LogP contribution in [0, 0.1) is 12.7 Å². The van der Waals surface area contributed by atoms with E-state index in [1.54, 1.807) is 19.2 Å². The Morgan fingerprint density at radius 3 is 2.41 bits per heavy atom. The largest absolute Gasteiger partial charge is 0.298 e. The number of aryl methyl sites for hydroxylation is 1. The molecule has 0 aliphatic carbocycles. The Balaban J connectivity index is 2.65. The Bertz CT molecular complexity index is 614. The summed E-state index contributed by atoms with van der Waals surface area (Å²) in [6.07, 6.45) is 2.11. The standard InChI is InChI=1S/C13H10FNO2/c1-9-6-7-15(13(17)12(9)8-16)11-4-2-10(14)3-5-11/h2-8H,1H3. The highest BCUT2D eigenvalue weighted by molar-refractivity contribution is 5.76. The second-order valence-electron chi connectivity index (χ2n) is 3.68. The van der Waals surface area contributed by atoms with Gasteiger partial charge in [-0.2, -0.15) is 0 Å². The van der Waals surface area contributed by atoms with Gasteiger partial charge in [-0.15, -0.1) is 0 Å². The topological polar surface area (TPSA) is 39.1 Å². The van der Waals surface area contributed by atoms with Gasteiger partial charge in [-0.25, -0.2) is 4.39 Å². The van der Waals surface area contributed by atoms with Crippen LogP contribution in [-0.2, 0) is 0 Å². The maximum absolute atomic E-state index is 12.8. The van der Waals surface area contributed by atoms with E-state index in [1.807, 2.05) is 0 Å². The molecule has 0 amide bonds. The third-order valence-corrected chi connectivity index (χ3v) is 2.57. The smallest absolute Gasteiger partial charge is 0.265 e. The molecule has 3 nitrogen and oxygen atoms in total. The van der Waals surface area contributed by atoms with Gasteiger partial charge < -0.3 is 0 Å². The number of carbonyl (C=O) groups is 1. The second kappa shape index (κ2) is 4.33. The molecule has 1 heterocycles. The van der Waals surface area contributed by atoms with Crippen LogP contribution < -0.4 is 5.56 Å². The minimum Gasteiger partial charge on any atom is -0.298 e. The first-order valence-electron chi connectivity index (χ1n) is 5.07. The molecule has 0 bridgehead atoms. The van der Waals surface area contributed by atoms with Crippen LogP contribution in [-0.4, -0.2) is 10.9 Å². The summed E-state index contributed by atoms with van der Waals surface area (Å²) in [5.41, 5.74) is 0.881. The molecule has 4 heteroatoms. The van der Waals surface area contributed by atoms with Crippen LogP contribution in [0.25, 0.3) is 5.69 Å². The number of benzene rings is 1. The molecule has 0 spiro atoms. The minimum atomic E-state index is -0.397. The van der Waals surface area contributed by atoms with Crippen LogP contribution in [0.5, 0.6) is 0 Å². The highest BCUT2D eigenvalue weighted by Crippen LogP contribution is 2.08. The van der Waals surface area contributed by atoms with Crippen molar-refractivity contribution in [1.82, 2.24) is 4.57 Å². The number of hydrogen-bond acceptors (Lipinski definition) is 2. The van der Waals surface area contributed by atoms with Gasteiger partial charge >= 0.3 is 0 Å². The fourth-order valence-corrected chi connectivity index (χ4v) is 1.59. The lowest BCUT2D eigenvalue weighted by Gasteiger charge is -2.07. The monoisotopic (exact) mass is 231 g/mol. The molecule has 17 heavy (non-hydrogen) atoms. The van der Waals surface area contributed by atoms with E-state index in [0.717, 1.165) is 0 Å². The summed E-state index contributed by atoms with van der Waals surface area (Å²) in [4.78, 5) is 22.8. The van der Waals surface area contributed by atoms with Gasteiger partial charge in [-0.1, -0.05) is 0 Å². The molecule has 0 aliphatic heterocycles. The van der Waals surface area contributed by atoms with Crippen LogP contribution in [0.1, 0.15) is 15.9 Å². The van der Waals surface area contributed by atoms with Gasteiger partial charge in [0.25, 0.3) is 5.56 Å². The van der Waals surface area contributed by atoms with Crippen LogP contribution in [0.4, 0.5) is 4.39 Å². The number of aldehydes is 1. The summed E-state index contributed by atoms with van der Waals surface area (Å²) in [7, 11) is 0. The third kappa shape index (κ3) is 2.01. The van der Waals surface area contributed by atoms with Crippen molar-refractivity contribution in [2.45, 2.75) is 6.92 Å². The lowest BCUT2D eigenvalue weighted by atomic mass is 10.1. The summed E-state index contributed by atoms with van der Waals surface area (Å²) in [6, 6.07) is 7.18. The molecular weight excluding hydrogens is 221 g/mol. The van der Waals surface area contributed by atoms with E-state index in [1.165, 1.54) is 28.8 Å². The molecule has 0 saturated carbocycles. The van der Waals surface area contributed by atoms with E-state index >= 15 is 0 Å². The quantitative estimate of drug-likeness (QED) is 0.742. The molecule has 2 aromatic rings. The number of carbonyl (C=O) groups excluding carboxylic acids is 1. The second-order valence-corrected chi connectivity index (χ2v) is 3.68. The van der Waals surface area contributed by atoms with Crippen molar-refractivity contribution in [3.05, 3.63) is 63.8 Å². The van der Waals surface area contributed by atoms with Gasteiger partial charge in [-0.05, 0) is 42.8 Å². The van der Waals surface area contributed by atoms with Gasteiger partial charge in [-0.3, -0.25) is 14.2 Å². The first-order chi connectivity index (χ1) is 8.13. The maximum Gasteiger partial charge on any atom is 0.265 e.